The molecular weight excluding hydrogens is 280 g/mol. The van der Waals surface area contributed by atoms with Gasteiger partial charge in [-0.3, -0.25) is 0 Å². The summed E-state index contributed by atoms with van der Waals surface area (Å²) in [4.78, 5) is 8.65. The highest BCUT2D eigenvalue weighted by atomic mass is 79.9. The molecule has 1 aliphatic carbocycles. The molecule has 0 saturated heterocycles. The molecule has 0 bridgehead atoms. The third-order valence-corrected chi connectivity index (χ3v) is 4.00. The predicted octanol–water partition coefficient (Wildman–Crippen LogP) is 3.27. The lowest BCUT2D eigenvalue weighted by molar-refractivity contribution is 0.520. The summed E-state index contributed by atoms with van der Waals surface area (Å²) in [7, 11) is 0. The molecule has 1 fully saturated rings. The number of rotatable bonds is 6. The summed E-state index contributed by atoms with van der Waals surface area (Å²) in [6, 6.07) is 0. The monoisotopic (exact) mass is 298 g/mol. The molecule has 0 atom stereocenters. The van der Waals surface area contributed by atoms with Gasteiger partial charge in [0.05, 0.1) is 4.47 Å². The molecule has 0 spiro atoms. The van der Waals surface area contributed by atoms with Gasteiger partial charge in [-0.05, 0) is 47.5 Å². The number of anilines is 2. The van der Waals surface area contributed by atoms with Gasteiger partial charge in [0, 0.05) is 19.3 Å². The van der Waals surface area contributed by atoms with Crippen LogP contribution < -0.4 is 10.6 Å². The second kappa shape index (κ2) is 5.21. The maximum atomic E-state index is 4.45. The SMILES string of the molecule is CCNc1ncc(Br)c(NCC2(CC)CC2)n1. The Balaban J connectivity index is 2.01. The average molecular weight is 299 g/mol. The van der Waals surface area contributed by atoms with Gasteiger partial charge in [-0.1, -0.05) is 6.92 Å². The number of halogens is 1. The Morgan fingerprint density at radius 1 is 1.35 bits per heavy atom. The van der Waals surface area contributed by atoms with E-state index in [0.29, 0.717) is 11.4 Å². The van der Waals surface area contributed by atoms with Crippen molar-refractivity contribution in [3.8, 4) is 0 Å². The van der Waals surface area contributed by atoms with E-state index in [0.717, 1.165) is 23.4 Å². The Bertz CT molecular complexity index is 390. The summed E-state index contributed by atoms with van der Waals surface area (Å²) < 4.78 is 0.922. The van der Waals surface area contributed by atoms with E-state index in [1.54, 1.807) is 6.20 Å². The summed E-state index contributed by atoms with van der Waals surface area (Å²) in [5.41, 5.74) is 0.517. The van der Waals surface area contributed by atoms with Gasteiger partial charge in [-0.2, -0.15) is 4.98 Å². The molecule has 94 valence electrons. The van der Waals surface area contributed by atoms with Crippen molar-refractivity contribution in [3.63, 3.8) is 0 Å². The predicted molar refractivity (Wildman–Crippen MR) is 74.3 cm³/mol. The smallest absolute Gasteiger partial charge is 0.224 e. The summed E-state index contributed by atoms with van der Waals surface area (Å²) in [6.07, 6.45) is 5.69. The van der Waals surface area contributed by atoms with E-state index in [4.69, 9.17) is 0 Å². The second-order valence-electron chi connectivity index (χ2n) is 4.63. The number of nitrogens with zero attached hydrogens (tertiary/aromatic N) is 2. The third kappa shape index (κ3) is 3.09. The van der Waals surface area contributed by atoms with Crippen LogP contribution >= 0.6 is 15.9 Å². The zero-order valence-electron chi connectivity index (χ0n) is 10.4. The van der Waals surface area contributed by atoms with Gasteiger partial charge in [0.2, 0.25) is 5.95 Å². The van der Waals surface area contributed by atoms with Crippen molar-refractivity contribution < 1.29 is 0 Å². The Hall–Kier alpha value is -0.840. The Labute approximate surface area is 111 Å². The third-order valence-electron chi connectivity index (χ3n) is 3.42. The lowest BCUT2D eigenvalue weighted by Crippen LogP contribution is -2.16. The Kier molecular flexibility index (Phi) is 3.86. The summed E-state index contributed by atoms with van der Waals surface area (Å²) >= 11 is 3.48. The van der Waals surface area contributed by atoms with E-state index in [1.807, 2.05) is 6.92 Å². The molecule has 0 amide bonds. The summed E-state index contributed by atoms with van der Waals surface area (Å²) in [6.45, 7) is 6.13. The molecule has 2 rings (SSSR count). The second-order valence-corrected chi connectivity index (χ2v) is 5.48. The van der Waals surface area contributed by atoms with E-state index in [-0.39, 0.29) is 0 Å². The first-order valence-corrected chi connectivity index (χ1v) is 6.99. The first kappa shape index (κ1) is 12.6. The molecule has 0 unspecified atom stereocenters. The van der Waals surface area contributed by atoms with Crippen LogP contribution in [0.1, 0.15) is 33.1 Å². The van der Waals surface area contributed by atoms with Crippen LogP contribution in [0.25, 0.3) is 0 Å². The molecule has 0 radical (unpaired) electrons. The number of hydrogen-bond acceptors (Lipinski definition) is 4. The van der Waals surface area contributed by atoms with Crippen LogP contribution in [0.15, 0.2) is 10.7 Å². The van der Waals surface area contributed by atoms with Crippen LogP contribution in [0, 0.1) is 5.41 Å². The molecule has 0 aromatic carbocycles. The van der Waals surface area contributed by atoms with Crippen molar-refractivity contribution in [2.45, 2.75) is 33.1 Å². The average Bonchev–Trinajstić information content (AvgIpc) is 3.11. The van der Waals surface area contributed by atoms with Gasteiger partial charge in [0.25, 0.3) is 0 Å². The molecule has 1 heterocycles. The van der Waals surface area contributed by atoms with Gasteiger partial charge in [0.15, 0.2) is 0 Å². The van der Waals surface area contributed by atoms with Crippen molar-refractivity contribution in [3.05, 3.63) is 10.7 Å². The molecule has 5 heteroatoms. The van der Waals surface area contributed by atoms with Crippen LogP contribution in [0.2, 0.25) is 0 Å². The van der Waals surface area contributed by atoms with Gasteiger partial charge in [-0.25, -0.2) is 4.98 Å². The molecule has 1 aromatic rings. The standard InChI is InChI=1S/C12H19BrN4/c1-3-12(5-6-12)8-16-10-9(13)7-15-11(17-10)14-4-2/h7H,3-6,8H2,1-2H3,(H2,14,15,16,17). The maximum Gasteiger partial charge on any atom is 0.224 e. The first-order valence-electron chi connectivity index (χ1n) is 6.19. The van der Waals surface area contributed by atoms with Crippen molar-refractivity contribution in [1.29, 1.82) is 0 Å². The van der Waals surface area contributed by atoms with Crippen molar-refractivity contribution in [2.75, 3.05) is 23.7 Å². The van der Waals surface area contributed by atoms with E-state index in [9.17, 15) is 0 Å². The summed E-state index contributed by atoms with van der Waals surface area (Å²) in [5.74, 6) is 1.57. The Morgan fingerprint density at radius 2 is 2.12 bits per heavy atom. The first-order chi connectivity index (χ1) is 8.19. The van der Waals surface area contributed by atoms with Crippen LogP contribution in [0.4, 0.5) is 11.8 Å². The van der Waals surface area contributed by atoms with Gasteiger partial charge < -0.3 is 10.6 Å². The quantitative estimate of drug-likeness (QED) is 0.846. The van der Waals surface area contributed by atoms with E-state index in [2.05, 4.69) is 43.5 Å². The minimum absolute atomic E-state index is 0.517. The van der Waals surface area contributed by atoms with Crippen LogP contribution in [-0.4, -0.2) is 23.1 Å². The normalized spacial score (nSPS) is 16.6. The molecule has 2 N–H and O–H groups in total. The molecule has 0 aliphatic heterocycles. The van der Waals surface area contributed by atoms with Gasteiger partial charge in [0.1, 0.15) is 5.82 Å². The molecule has 17 heavy (non-hydrogen) atoms. The van der Waals surface area contributed by atoms with E-state index in [1.165, 1.54) is 19.3 Å². The van der Waals surface area contributed by atoms with Gasteiger partial charge in [-0.15, -0.1) is 0 Å². The van der Waals surface area contributed by atoms with Crippen molar-refractivity contribution in [1.82, 2.24) is 9.97 Å². The zero-order valence-corrected chi connectivity index (χ0v) is 12.0. The van der Waals surface area contributed by atoms with Crippen molar-refractivity contribution in [2.24, 2.45) is 5.41 Å². The van der Waals surface area contributed by atoms with E-state index < -0.39 is 0 Å². The fourth-order valence-corrected chi connectivity index (χ4v) is 2.17. The van der Waals surface area contributed by atoms with Gasteiger partial charge >= 0.3 is 0 Å². The van der Waals surface area contributed by atoms with Crippen LogP contribution in [-0.2, 0) is 0 Å². The fraction of sp³-hybridized carbons (Fsp3) is 0.667. The van der Waals surface area contributed by atoms with Crippen molar-refractivity contribution >= 4 is 27.7 Å². The molecule has 1 aromatic heterocycles. The fourth-order valence-electron chi connectivity index (χ4n) is 1.84. The number of nitrogens with one attached hydrogen (secondary N) is 2. The molecule has 1 aliphatic rings. The highest BCUT2D eigenvalue weighted by molar-refractivity contribution is 9.10. The zero-order chi connectivity index (χ0) is 12.3. The van der Waals surface area contributed by atoms with Crippen LogP contribution in [0.5, 0.6) is 0 Å². The molecule has 1 saturated carbocycles. The number of aromatic nitrogens is 2. The molecular formula is C12H19BrN4. The summed E-state index contributed by atoms with van der Waals surface area (Å²) in [5, 5.41) is 6.55. The lowest BCUT2D eigenvalue weighted by Gasteiger charge is -2.15. The Morgan fingerprint density at radius 3 is 2.71 bits per heavy atom. The van der Waals surface area contributed by atoms with Crippen LogP contribution in [0.3, 0.4) is 0 Å². The minimum Gasteiger partial charge on any atom is -0.368 e. The largest absolute Gasteiger partial charge is 0.368 e. The lowest BCUT2D eigenvalue weighted by atomic mass is 10.0. The highest BCUT2D eigenvalue weighted by Gasteiger charge is 2.40. The topological polar surface area (TPSA) is 49.8 Å². The minimum atomic E-state index is 0.517. The molecule has 4 nitrogen and oxygen atoms in total. The highest BCUT2D eigenvalue weighted by Crippen LogP contribution is 2.48. The number of hydrogen-bond donors (Lipinski definition) is 2. The maximum absolute atomic E-state index is 4.45. The van der Waals surface area contributed by atoms with E-state index >= 15 is 0 Å².